The van der Waals surface area contributed by atoms with Gasteiger partial charge >= 0.3 is 5.97 Å². The molecule has 7 heteroatoms. The first-order valence-corrected chi connectivity index (χ1v) is 15.0. The van der Waals surface area contributed by atoms with E-state index in [2.05, 4.69) is 79.9 Å². The summed E-state index contributed by atoms with van der Waals surface area (Å²) in [6.07, 6.45) is 1.43. The number of carbonyl (C=O) groups is 2. The lowest BCUT2D eigenvalue weighted by Gasteiger charge is -2.43. The first-order valence-electron chi connectivity index (χ1n) is 13.1. The Morgan fingerprint density at radius 2 is 1.49 bits per heavy atom. The number of esters is 1. The topological polar surface area (TPSA) is 76.7 Å². The van der Waals surface area contributed by atoms with E-state index >= 15 is 0 Å². The minimum Gasteiger partial charge on any atom is -0.461 e. The molecule has 200 valence electrons. The van der Waals surface area contributed by atoms with Gasteiger partial charge in [0.1, 0.15) is 5.70 Å². The fourth-order valence-corrected chi connectivity index (χ4v) is 9.38. The highest BCUT2D eigenvalue weighted by Crippen LogP contribution is 2.37. The molecule has 1 fully saturated rings. The Kier molecular flexibility index (Phi) is 9.03. The summed E-state index contributed by atoms with van der Waals surface area (Å²) in [5.41, 5.74) is 0.268. The third-order valence-corrected chi connectivity index (χ3v) is 11.7. The Balaban J connectivity index is 1.91. The van der Waals surface area contributed by atoms with Crippen molar-refractivity contribution in [1.82, 2.24) is 10.6 Å². The molecule has 1 amide bonds. The summed E-state index contributed by atoms with van der Waals surface area (Å²) in [4.78, 5) is 25.5. The summed E-state index contributed by atoms with van der Waals surface area (Å²) in [5.74, 6) is -0.743. The second-order valence-corrected chi connectivity index (χ2v) is 15.9. The zero-order valence-electron chi connectivity index (χ0n) is 23.3. The van der Waals surface area contributed by atoms with Gasteiger partial charge in [-0.2, -0.15) is 0 Å². The maximum atomic E-state index is 12.8. The predicted octanol–water partition coefficient (Wildman–Crippen LogP) is 4.25. The van der Waals surface area contributed by atoms with Gasteiger partial charge in [-0.05, 0) is 35.2 Å². The van der Waals surface area contributed by atoms with Gasteiger partial charge in [-0.1, -0.05) is 102 Å². The standard InChI is InChI=1S/C30H42N2O4Si/c1-8-35-27(33)26(32-28(34)29(2,3)4)25-20-19-22(31-25)21-36-37(30(5,6)7,23-15-11-9-12-16-23)24-17-13-10-14-18-24/h9-18,22,31H,8,19-21H2,1-7H3,(H,32,34)/b26-25+/t22-/m1/s1. The van der Waals surface area contributed by atoms with Crippen LogP contribution in [-0.2, 0) is 18.8 Å². The molecule has 0 bridgehead atoms. The third kappa shape index (κ3) is 6.51. The van der Waals surface area contributed by atoms with Gasteiger partial charge in [0.15, 0.2) is 0 Å². The van der Waals surface area contributed by atoms with Crippen LogP contribution >= 0.6 is 0 Å². The highest BCUT2D eigenvalue weighted by atomic mass is 28.4. The third-order valence-electron chi connectivity index (χ3n) is 6.74. The number of hydrogen-bond donors (Lipinski definition) is 2. The van der Waals surface area contributed by atoms with Crippen LogP contribution in [0.3, 0.4) is 0 Å². The van der Waals surface area contributed by atoms with Crippen LogP contribution in [0.2, 0.25) is 5.04 Å². The lowest BCUT2D eigenvalue weighted by atomic mass is 9.95. The van der Waals surface area contributed by atoms with Crippen molar-refractivity contribution in [2.45, 2.75) is 72.4 Å². The quantitative estimate of drug-likeness (QED) is 0.308. The van der Waals surface area contributed by atoms with Crippen molar-refractivity contribution in [1.29, 1.82) is 0 Å². The van der Waals surface area contributed by atoms with Crippen molar-refractivity contribution in [2.24, 2.45) is 5.41 Å². The largest absolute Gasteiger partial charge is 0.461 e. The number of benzene rings is 2. The Hall–Kier alpha value is -2.90. The Bertz CT molecular complexity index is 1060. The van der Waals surface area contributed by atoms with E-state index in [1.54, 1.807) is 6.92 Å². The fourth-order valence-electron chi connectivity index (χ4n) is 4.77. The second-order valence-electron chi connectivity index (χ2n) is 11.6. The molecule has 1 aliphatic rings. The van der Waals surface area contributed by atoms with Crippen molar-refractivity contribution in [3.8, 4) is 0 Å². The number of allylic oxidation sites excluding steroid dienone is 1. The Morgan fingerprint density at radius 3 is 1.95 bits per heavy atom. The molecule has 1 heterocycles. The molecule has 0 aromatic heterocycles. The van der Waals surface area contributed by atoms with Crippen molar-refractivity contribution in [3.05, 3.63) is 72.1 Å². The first kappa shape index (κ1) is 28.7. The van der Waals surface area contributed by atoms with Gasteiger partial charge in [-0.15, -0.1) is 0 Å². The van der Waals surface area contributed by atoms with Crippen LogP contribution in [0.25, 0.3) is 0 Å². The molecule has 0 unspecified atom stereocenters. The number of amides is 1. The van der Waals surface area contributed by atoms with Crippen LogP contribution in [0.1, 0.15) is 61.3 Å². The van der Waals surface area contributed by atoms with Crippen LogP contribution in [0, 0.1) is 5.41 Å². The molecule has 1 aliphatic heterocycles. The molecule has 6 nitrogen and oxygen atoms in total. The maximum Gasteiger partial charge on any atom is 0.356 e. The molecule has 0 aliphatic carbocycles. The van der Waals surface area contributed by atoms with E-state index in [-0.39, 0.29) is 29.3 Å². The zero-order valence-corrected chi connectivity index (χ0v) is 24.3. The highest BCUT2D eigenvalue weighted by molar-refractivity contribution is 6.99. The molecule has 0 saturated carbocycles. The van der Waals surface area contributed by atoms with Crippen molar-refractivity contribution < 1.29 is 18.8 Å². The Labute approximate surface area is 223 Å². The van der Waals surface area contributed by atoms with E-state index < -0.39 is 19.7 Å². The smallest absolute Gasteiger partial charge is 0.356 e. The van der Waals surface area contributed by atoms with Crippen LogP contribution in [0.15, 0.2) is 72.1 Å². The number of ether oxygens (including phenoxy) is 1. The lowest BCUT2D eigenvalue weighted by molar-refractivity contribution is -0.141. The lowest BCUT2D eigenvalue weighted by Crippen LogP contribution is -2.67. The number of carbonyl (C=O) groups excluding carboxylic acids is 2. The number of nitrogens with one attached hydrogen (secondary N) is 2. The molecule has 1 atom stereocenters. The second kappa shape index (κ2) is 11.7. The molecule has 3 rings (SSSR count). The molecular formula is C30H42N2O4Si. The van der Waals surface area contributed by atoms with E-state index in [0.29, 0.717) is 18.7 Å². The van der Waals surface area contributed by atoms with Gasteiger partial charge in [-0.3, -0.25) is 4.79 Å². The van der Waals surface area contributed by atoms with Gasteiger partial charge in [0, 0.05) is 17.2 Å². The van der Waals surface area contributed by atoms with E-state index in [9.17, 15) is 9.59 Å². The number of hydrogen-bond acceptors (Lipinski definition) is 5. The van der Waals surface area contributed by atoms with E-state index in [0.717, 1.165) is 6.42 Å². The van der Waals surface area contributed by atoms with Crippen LogP contribution < -0.4 is 21.0 Å². The predicted molar refractivity (Wildman–Crippen MR) is 151 cm³/mol. The monoisotopic (exact) mass is 522 g/mol. The summed E-state index contributed by atoms with van der Waals surface area (Å²) < 4.78 is 12.3. The van der Waals surface area contributed by atoms with Crippen molar-refractivity contribution in [3.63, 3.8) is 0 Å². The maximum absolute atomic E-state index is 12.8. The van der Waals surface area contributed by atoms with Crippen LogP contribution in [-0.4, -0.2) is 39.4 Å². The average Bonchev–Trinajstić information content (AvgIpc) is 3.31. The van der Waals surface area contributed by atoms with Gasteiger partial charge < -0.3 is 19.8 Å². The molecule has 0 spiro atoms. The molecule has 37 heavy (non-hydrogen) atoms. The van der Waals surface area contributed by atoms with Crippen LogP contribution in [0.5, 0.6) is 0 Å². The highest BCUT2D eigenvalue weighted by Gasteiger charge is 2.50. The van der Waals surface area contributed by atoms with Gasteiger partial charge in [-0.25, -0.2) is 4.79 Å². The number of rotatable bonds is 8. The minimum atomic E-state index is -2.67. The molecule has 1 saturated heterocycles. The minimum absolute atomic E-state index is 0.00705. The first-order chi connectivity index (χ1) is 17.4. The summed E-state index contributed by atoms with van der Waals surface area (Å²) in [7, 11) is -2.67. The molecule has 2 aromatic carbocycles. The molecule has 2 N–H and O–H groups in total. The van der Waals surface area contributed by atoms with Crippen LogP contribution in [0.4, 0.5) is 0 Å². The van der Waals surface area contributed by atoms with E-state index in [1.165, 1.54) is 10.4 Å². The zero-order chi connectivity index (χ0) is 27.3. The van der Waals surface area contributed by atoms with Gasteiger partial charge in [0.2, 0.25) is 5.91 Å². The normalized spacial score (nSPS) is 17.6. The summed E-state index contributed by atoms with van der Waals surface area (Å²) in [6, 6.07) is 21.1. The summed E-state index contributed by atoms with van der Waals surface area (Å²) in [6.45, 7) is 14.7. The average molecular weight is 523 g/mol. The van der Waals surface area contributed by atoms with E-state index in [4.69, 9.17) is 9.16 Å². The van der Waals surface area contributed by atoms with Gasteiger partial charge in [0.05, 0.1) is 13.2 Å². The summed E-state index contributed by atoms with van der Waals surface area (Å²) >= 11 is 0. The van der Waals surface area contributed by atoms with Crippen molar-refractivity contribution >= 4 is 30.6 Å². The Morgan fingerprint density at radius 1 is 0.946 bits per heavy atom. The van der Waals surface area contributed by atoms with Crippen molar-refractivity contribution in [2.75, 3.05) is 13.2 Å². The molecular weight excluding hydrogens is 480 g/mol. The van der Waals surface area contributed by atoms with E-state index in [1.807, 2.05) is 32.9 Å². The SMILES string of the molecule is CCOC(=O)/C(NC(=O)C(C)(C)C)=C1/CC[C@H](CO[Si](c2ccccc2)(c2ccccc2)C(C)(C)C)N1. The van der Waals surface area contributed by atoms with Gasteiger partial charge in [0.25, 0.3) is 8.32 Å². The molecule has 2 aromatic rings. The fraction of sp³-hybridized carbons (Fsp3) is 0.467. The molecule has 0 radical (unpaired) electrons. The summed E-state index contributed by atoms with van der Waals surface area (Å²) in [5, 5.41) is 8.64.